The molecule has 0 fully saturated rings. The lowest BCUT2D eigenvalue weighted by Gasteiger charge is -2.26. The number of esters is 1. The fraction of sp³-hybridized carbons (Fsp3) is 0.545. The summed E-state index contributed by atoms with van der Waals surface area (Å²) in [4.78, 5) is 25.8. The van der Waals surface area contributed by atoms with E-state index in [1.54, 1.807) is 0 Å². The van der Waals surface area contributed by atoms with Gasteiger partial charge >= 0.3 is 29.9 Å². The van der Waals surface area contributed by atoms with Crippen LogP contribution in [0.4, 0.5) is 35.9 Å². The third-order valence-electron chi connectivity index (χ3n) is 2.51. The van der Waals surface area contributed by atoms with Crippen LogP contribution in [0.25, 0.3) is 0 Å². The Balaban J connectivity index is 3.04. The highest BCUT2D eigenvalue weighted by molar-refractivity contribution is 7.17. The highest BCUT2D eigenvalue weighted by Gasteiger charge is 2.76. The first-order valence-electron chi connectivity index (χ1n) is 6.04. The van der Waals surface area contributed by atoms with Crippen LogP contribution in [-0.2, 0) is 9.53 Å². The number of aryl methyl sites for hydroxylation is 1. The standard InChI is InChI=1S/C11H9F7N2O3S/c1-3-23-6(21)5-4(2)19-8(24-5)20-7(22)9(12,13)10(14,15)11(16,17)18/h3H2,1-2H3,(H,19,20,22). The molecule has 0 unspecified atom stereocenters. The number of ether oxygens (including phenoxy) is 1. The van der Waals surface area contributed by atoms with Gasteiger partial charge < -0.3 is 4.74 Å². The van der Waals surface area contributed by atoms with Gasteiger partial charge in [0.15, 0.2) is 5.13 Å². The average molecular weight is 382 g/mol. The number of nitrogens with zero attached hydrogens (tertiary/aromatic N) is 1. The zero-order chi connectivity index (χ0) is 18.9. The number of nitrogens with one attached hydrogen (secondary N) is 1. The molecular weight excluding hydrogens is 373 g/mol. The second-order valence-corrected chi connectivity index (χ2v) is 5.25. The topological polar surface area (TPSA) is 68.3 Å². The largest absolute Gasteiger partial charge is 0.462 e. The van der Waals surface area contributed by atoms with Gasteiger partial charge in [0.1, 0.15) is 4.88 Å². The Morgan fingerprint density at radius 3 is 2.17 bits per heavy atom. The maximum atomic E-state index is 13.2. The van der Waals surface area contributed by atoms with Gasteiger partial charge in [-0.1, -0.05) is 11.3 Å². The quantitative estimate of drug-likeness (QED) is 0.626. The predicted octanol–water partition coefficient (Wildman–Crippen LogP) is 3.40. The zero-order valence-electron chi connectivity index (χ0n) is 11.9. The van der Waals surface area contributed by atoms with Gasteiger partial charge in [0, 0.05) is 0 Å². The van der Waals surface area contributed by atoms with Crippen LogP contribution in [0.2, 0.25) is 0 Å². The number of hydrogen-bond donors (Lipinski definition) is 1. The molecule has 1 amide bonds. The van der Waals surface area contributed by atoms with Crippen LogP contribution in [0.3, 0.4) is 0 Å². The smallest absolute Gasteiger partial charge is 0.460 e. The number of amides is 1. The highest BCUT2D eigenvalue weighted by Crippen LogP contribution is 2.47. The number of alkyl halides is 7. The van der Waals surface area contributed by atoms with Crippen LogP contribution in [0.15, 0.2) is 0 Å². The molecule has 1 aromatic heterocycles. The van der Waals surface area contributed by atoms with Crippen molar-refractivity contribution in [3.8, 4) is 0 Å². The average Bonchev–Trinajstić information content (AvgIpc) is 2.78. The molecule has 0 spiro atoms. The molecule has 5 nitrogen and oxygen atoms in total. The summed E-state index contributed by atoms with van der Waals surface area (Å²) >= 11 is 0.293. The highest BCUT2D eigenvalue weighted by atomic mass is 32.1. The minimum atomic E-state index is -6.64. The van der Waals surface area contributed by atoms with Crippen molar-refractivity contribution in [2.45, 2.75) is 31.9 Å². The number of rotatable bonds is 5. The van der Waals surface area contributed by atoms with Gasteiger partial charge in [-0.25, -0.2) is 9.78 Å². The molecule has 1 rings (SSSR count). The molecule has 0 radical (unpaired) electrons. The van der Waals surface area contributed by atoms with Gasteiger partial charge in [-0.15, -0.1) is 0 Å². The summed E-state index contributed by atoms with van der Waals surface area (Å²) in [6.07, 6.45) is -6.64. The van der Waals surface area contributed by atoms with E-state index in [0.717, 1.165) is 5.32 Å². The normalized spacial score (nSPS) is 12.9. The number of carbonyl (C=O) groups excluding carboxylic acids is 2. The Morgan fingerprint density at radius 2 is 1.71 bits per heavy atom. The van der Waals surface area contributed by atoms with Crippen molar-refractivity contribution in [1.82, 2.24) is 4.98 Å². The van der Waals surface area contributed by atoms with Crippen molar-refractivity contribution in [2.75, 3.05) is 11.9 Å². The van der Waals surface area contributed by atoms with E-state index in [-0.39, 0.29) is 17.2 Å². The van der Waals surface area contributed by atoms with Gasteiger partial charge in [-0.05, 0) is 13.8 Å². The molecule has 0 aliphatic rings. The molecule has 0 aromatic carbocycles. The van der Waals surface area contributed by atoms with Crippen molar-refractivity contribution in [3.05, 3.63) is 10.6 Å². The van der Waals surface area contributed by atoms with Gasteiger partial charge in [-0.3, -0.25) is 10.1 Å². The van der Waals surface area contributed by atoms with Crippen LogP contribution in [0, 0.1) is 6.92 Å². The van der Waals surface area contributed by atoms with Crippen molar-refractivity contribution in [1.29, 1.82) is 0 Å². The molecule has 13 heteroatoms. The second-order valence-electron chi connectivity index (χ2n) is 4.25. The first-order valence-corrected chi connectivity index (χ1v) is 6.85. The lowest BCUT2D eigenvalue weighted by atomic mass is 10.1. The minimum absolute atomic E-state index is 0.0340. The van der Waals surface area contributed by atoms with E-state index >= 15 is 0 Å². The van der Waals surface area contributed by atoms with Crippen molar-refractivity contribution < 1.29 is 45.1 Å². The van der Waals surface area contributed by atoms with E-state index in [4.69, 9.17) is 0 Å². The second kappa shape index (κ2) is 6.53. The fourth-order valence-electron chi connectivity index (χ4n) is 1.33. The molecule has 136 valence electrons. The summed E-state index contributed by atoms with van der Waals surface area (Å²) in [5.41, 5.74) is -0.0837. The summed E-state index contributed by atoms with van der Waals surface area (Å²) in [7, 11) is 0. The van der Waals surface area contributed by atoms with Crippen LogP contribution in [0.1, 0.15) is 22.3 Å². The van der Waals surface area contributed by atoms with Gasteiger partial charge in [0.2, 0.25) is 0 Å². The number of aromatic nitrogens is 1. The SMILES string of the molecule is CCOC(=O)c1sc(NC(=O)C(F)(F)C(F)(F)C(F)(F)F)nc1C. The fourth-order valence-corrected chi connectivity index (χ4v) is 2.19. The molecule has 24 heavy (non-hydrogen) atoms. The molecule has 1 aromatic rings. The summed E-state index contributed by atoms with van der Waals surface area (Å²) in [5, 5.41) is 0.398. The molecule has 0 bridgehead atoms. The van der Waals surface area contributed by atoms with E-state index in [1.807, 2.05) is 0 Å². The minimum Gasteiger partial charge on any atom is -0.462 e. The van der Waals surface area contributed by atoms with E-state index < -0.39 is 35.0 Å². The van der Waals surface area contributed by atoms with E-state index in [1.165, 1.54) is 13.8 Å². The Morgan fingerprint density at radius 1 is 1.17 bits per heavy atom. The third kappa shape index (κ3) is 3.60. The van der Waals surface area contributed by atoms with E-state index in [9.17, 15) is 40.3 Å². The number of thiazole rings is 1. The first-order chi connectivity index (χ1) is 10.8. The maximum Gasteiger partial charge on any atom is 0.460 e. The Labute approximate surface area is 133 Å². The predicted molar refractivity (Wildman–Crippen MR) is 67.4 cm³/mol. The van der Waals surface area contributed by atoms with Crippen LogP contribution in [-0.4, -0.2) is 41.5 Å². The molecule has 0 aliphatic heterocycles. The molecule has 1 N–H and O–H groups in total. The molecular formula is C11H9F7N2O3S. The zero-order valence-corrected chi connectivity index (χ0v) is 12.7. The van der Waals surface area contributed by atoms with Gasteiger partial charge in [0.25, 0.3) is 0 Å². The molecule has 0 saturated carbocycles. The third-order valence-corrected chi connectivity index (χ3v) is 3.57. The van der Waals surface area contributed by atoms with Crippen LogP contribution < -0.4 is 5.32 Å². The lowest BCUT2D eigenvalue weighted by Crippen LogP contribution is -2.57. The summed E-state index contributed by atoms with van der Waals surface area (Å²) < 4.78 is 92.4. The van der Waals surface area contributed by atoms with Crippen LogP contribution >= 0.6 is 11.3 Å². The Hall–Kier alpha value is -1.92. The summed E-state index contributed by atoms with van der Waals surface area (Å²) in [6.45, 7) is 2.66. The molecule has 0 atom stereocenters. The van der Waals surface area contributed by atoms with Gasteiger partial charge in [0.05, 0.1) is 12.3 Å². The first kappa shape index (κ1) is 20.1. The van der Waals surface area contributed by atoms with Gasteiger partial charge in [-0.2, -0.15) is 30.7 Å². The van der Waals surface area contributed by atoms with Crippen LogP contribution in [0.5, 0.6) is 0 Å². The van der Waals surface area contributed by atoms with Crippen molar-refractivity contribution in [3.63, 3.8) is 0 Å². The summed E-state index contributed by atoms with van der Waals surface area (Å²) in [5.74, 6) is -16.5. The number of halogens is 7. The Kier molecular flexibility index (Phi) is 5.48. The summed E-state index contributed by atoms with van der Waals surface area (Å²) in [6, 6.07) is 0. The molecule has 1 heterocycles. The number of carbonyl (C=O) groups is 2. The molecule has 0 aliphatic carbocycles. The Bertz CT molecular complexity index is 642. The number of hydrogen-bond acceptors (Lipinski definition) is 5. The maximum absolute atomic E-state index is 13.2. The van der Waals surface area contributed by atoms with E-state index in [0.29, 0.717) is 11.3 Å². The van der Waals surface area contributed by atoms with Crippen molar-refractivity contribution in [2.24, 2.45) is 0 Å². The number of anilines is 1. The van der Waals surface area contributed by atoms with E-state index in [2.05, 4.69) is 9.72 Å². The monoisotopic (exact) mass is 382 g/mol. The lowest BCUT2D eigenvalue weighted by molar-refractivity contribution is -0.343. The van der Waals surface area contributed by atoms with Crippen molar-refractivity contribution >= 4 is 28.3 Å². The molecule has 0 saturated heterocycles.